The van der Waals surface area contributed by atoms with Crippen molar-refractivity contribution in [3.8, 4) is 0 Å². The van der Waals surface area contributed by atoms with Gasteiger partial charge in [-0.3, -0.25) is 0 Å². The first kappa shape index (κ1) is 12.9. The second kappa shape index (κ2) is 5.88. The summed E-state index contributed by atoms with van der Waals surface area (Å²) < 4.78 is 1.29. The van der Waals surface area contributed by atoms with E-state index >= 15 is 0 Å². The minimum atomic E-state index is 0.799. The second-order valence-electron chi connectivity index (χ2n) is 4.51. The van der Waals surface area contributed by atoms with Gasteiger partial charge in [-0.2, -0.15) is 0 Å². The smallest absolute Gasteiger partial charge is 0.135 e. The number of benzene rings is 1. The largest absolute Gasteiger partial charge is 0.370 e. The summed E-state index contributed by atoms with van der Waals surface area (Å²) in [7, 11) is 0. The van der Waals surface area contributed by atoms with Crippen LogP contribution in [-0.4, -0.2) is 16.5 Å². The van der Waals surface area contributed by atoms with Gasteiger partial charge < -0.3 is 10.6 Å². The van der Waals surface area contributed by atoms with E-state index in [-0.39, 0.29) is 0 Å². The molecule has 0 unspecified atom stereocenters. The molecule has 3 aromatic rings. The second-order valence-corrected chi connectivity index (χ2v) is 5.46. The van der Waals surface area contributed by atoms with Crippen LogP contribution in [0.25, 0.3) is 10.1 Å². The number of hydrogen-bond donors (Lipinski definition) is 2. The SMILES string of the molecule is CCCNc1cc(Nc2ccc3sccc3c2)ncn1. The van der Waals surface area contributed by atoms with Crippen LogP contribution in [-0.2, 0) is 0 Å². The first-order chi connectivity index (χ1) is 9.85. The summed E-state index contributed by atoms with van der Waals surface area (Å²) in [5.41, 5.74) is 1.04. The van der Waals surface area contributed by atoms with Gasteiger partial charge in [0, 0.05) is 23.0 Å². The molecular formula is C15H16N4S. The third-order valence-electron chi connectivity index (χ3n) is 2.95. The molecule has 2 N–H and O–H groups in total. The van der Waals surface area contributed by atoms with E-state index in [9.17, 15) is 0 Å². The molecule has 0 saturated heterocycles. The molecule has 2 heterocycles. The summed E-state index contributed by atoms with van der Waals surface area (Å²) in [4.78, 5) is 8.45. The Hall–Kier alpha value is -2.14. The van der Waals surface area contributed by atoms with Crippen LogP contribution in [0.3, 0.4) is 0 Å². The summed E-state index contributed by atoms with van der Waals surface area (Å²) in [6.07, 6.45) is 2.64. The van der Waals surface area contributed by atoms with E-state index in [2.05, 4.69) is 57.2 Å². The van der Waals surface area contributed by atoms with E-state index in [1.807, 2.05) is 6.07 Å². The van der Waals surface area contributed by atoms with Crippen molar-refractivity contribution in [3.63, 3.8) is 0 Å². The van der Waals surface area contributed by atoms with Crippen LogP contribution in [0.15, 0.2) is 42.0 Å². The maximum atomic E-state index is 4.25. The molecular weight excluding hydrogens is 268 g/mol. The minimum absolute atomic E-state index is 0.799. The fourth-order valence-corrected chi connectivity index (χ4v) is 2.74. The molecule has 0 saturated carbocycles. The molecule has 0 aliphatic carbocycles. The normalized spacial score (nSPS) is 10.7. The van der Waals surface area contributed by atoms with E-state index in [4.69, 9.17) is 0 Å². The van der Waals surface area contributed by atoms with Crippen LogP contribution in [0.1, 0.15) is 13.3 Å². The number of thiophene rings is 1. The predicted molar refractivity (Wildman–Crippen MR) is 85.9 cm³/mol. The molecule has 1 aromatic carbocycles. The standard InChI is InChI=1S/C15H16N4S/c1-2-6-16-14-9-15(18-10-17-14)19-12-3-4-13-11(8-12)5-7-20-13/h3-5,7-10H,2,6H2,1H3,(H2,16,17,18,19). The maximum absolute atomic E-state index is 4.25. The summed E-state index contributed by atoms with van der Waals surface area (Å²) >= 11 is 1.75. The average molecular weight is 284 g/mol. The number of anilines is 3. The molecule has 0 fully saturated rings. The van der Waals surface area contributed by atoms with Crippen LogP contribution >= 0.6 is 11.3 Å². The van der Waals surface area contributed by atoms with E-state index in [1.54, 1.807) is 17.7 Å². The van der Waals surface area contributed by atoms with E-state index < -0.39 is 0 Å². The number of aromatic nitrogens is 2. The molecule has 2 aromatic heterocycles. The van der Waals surface area contributed by atoms with Crippen LogP contribution in [0.5, 0.6) is 0 Å². The third kappa shape index (κ3) is 2.88. The van der Waals surface area contributed by atoms with Crippen molar-refractivity contribution in [1.29, 1.82) is 0 Å². The lowest BCUT2D eigenvalue weighted by atomic mass is 10.2. The van der Waals surface area contributed by atoms with Gasteiger partial charge in [0.2, 0.25) is 0 Å². The number of rotatable bonds is 5. The van der Waals surface area contributed by atoms with Crippen molar-refractivity contribution in [3.05, 3.63) is 42.0 Å². The molecule has 0 amide bonds. The van der Waals surface area contributed by atoms with Gasteiger partial charge in [-0.25, -0.2) is 9.97 Å². The summed E-state index contributed by atoms with van der Waals surface area (Å²) in [6.45, 7) is 3.04. The Labute approximate surface area is 121 Å². The lowest BCUT2D eigenvalue weighted by molar-refractivity contribution is 0.965. The minimum Gasteiger partial charge on any atom is -0.370 e. The van der Waals surface area contributed by atoms with Gasteiger partial charge in [0.15, 0.2) is 0 Å². The van der Waals surface area contributed by atoms with Gasteiger partial charge in [-0.05, 0) is 41.5 Å². The molecule has 0 atom stereocenters. The highest BCUT2D eigenvalue weighted by Crippen LogP contribution is 2.25. The number of nitrogens with one attached hydrogen (secondary N) is 2. The highest BCUT2D eigenvalue weighted by molar-refractivity contribution is 7.17. The van der Waals surface area contributed by atoms with E-state index in [1.165, 1.54) is 10.1 Å². The Bertz CT molecular complexity index is 708. The Kier molecular flexibility index (Phi) is 3.78. The Morgan fingerprint density at radius 2 is 2.00 bits per heavy atom. The van der Waals surface area contributed by atoms with E-state index in [0.29, 0.717) is 0 Å². The number of nitrogens with zero attached hydrogens (tertiary/aromatic N) is 2. The number of hydrogen-bond acceptors (Lipinski definition) is 5. The van der Waals surface area contributed by atoms with Crippen LogP contribution < -0.4 is 10.6 Å². The molecule has 0 radical (unpaired) electrons. The van der Waals surface area contributed by atoms with Crippen molar-refractivity contribution in [2.75, 3.05) is 17.2 Å². The van der Waals surface area contributed by atoms with Crippen LogP contribution in [0.4, 0.5) is 17.3 Å². The highest BCUT2D eigenvalue weighted by Gasteiger charge is 2.01. The van der Waals surface area contributed by atoms with Crippen molar-refractivity contribution in [1.82, 2.24) is 9.97 Å². The lowest BCUT2D eigenvalue weighted by Crippen LogP contribution is -2.03. The topological polar surface area (TPSA) is 49.8 Å². The zero-order chi connectivity index (χ0) is 13.8. The van der Waals surface area contributed by atoms with Crippen molar-refractivity contribution < 1.29 is 0 Å². The molecule has 0 aliphatic heterocycles. The Morgan fingerprint density at radius 1 is 1.10 bits per heavy atom. The Morgan fingerprint density at radius 3 is 2.90 bits per heavy atom. The first-order valence-corrected chi connectivity index (χ1v) is 7.53. The van der Waals surface area contributed by atoms with Crippen molar-refractivity contribution >= 4 is 38.7 Å². The fourth-order valence-electron chi connectivity index (χ4n) is 1.97. The van der Waals surface area contributed by atoms with Crippen molar-refractivity contribution in [2.24, 2.45) is 0 Å². The van der Waals surface area contributed by atoms with E-state index in [0.717, 1.165) is 30.3 Å². The lowest BCUT2D eigenvalue weighted by Gasteiger charge is -2.08. The molecule has 0 aliphatic rings. The van der Waals surface area contributed by atoms with Gasteiger partial charge in [0.05, 0.1) is 0 Å². The predicted octanol–water partition coefficient (Wildman–Crippen LogP) is 4.26. The maximum Gasteiger partial charge on any atom is 0.135 e. The highest BCUT2D eigenvalue weighted by atomic mass is 32.1. The molecule has 20 heavy (non-hydrogen) atoms. The Balaban J connectivity index is 1.79. The molecule has 0 spiro atoms. The van der Waals surface area contributed by atoms with Crippen LogP contribution in [0, 0.1) is 0 Å². The molecule has 102 valence electrons. The molecule has 3 rings (SSSR count). The van der Waals surface area contributed by atoms with Gasteiger partial charge in [0.25, 0.3) is 0 Å². The average Bonchev–Trinajstić information content (AvgIpc) is 2.93. The van der Waals surface area contributed by atoms with Crippen molar-refractivity contribution in [2.45, 2.75) is 13.3 Å². The number of fused-ring (bicyclic) bond motifs is 1. The van der Waals surface area contributed by atoms with Crippen LogP contribution in [0.2, 0.25) is 0 Å². The van der Waals surface area contributed by atoms with Gasteiger partial charge in [0.1, 0.15) is 18.0 Å². The summed E-state index contributed by atoms with van der Waals surface area (Å²) in [5, 5.41) is 9.92. The molecule has 5 heteroatoms. The summed E-state index contributed by atoms with van der Waals surface area (Å²) in [6, 6.07) is 10.4. The summed E-state index contributed by atoms with van der Waals surface area (Å²) in [5.74, 6) is 1.65. The zero-order valence-corrected chi connectivity index (χ0v) is 12.1. The third-order valence-corrected chi connectivity index (χ3v) is 3.85. The fraction of sp³-hybridized carbons (Fsp3) is 0.200. The van der Waals surface area contributed by atoms with Gasteiger partial charge >= 0.3 is 0 Å². The zero-order valence-electron chi connectivity index (χ0n) is 11.3. The molecule has 4 nitrogen and oxygen atoms in total. The molecule has 0 bridgehead atoms. The quantitative estimate of drug-likeness (QED) is 0.735. The van der Waals surface area contributed by atoms with Gasteiger partial charge in [-0.1, -0.05) is 6.92 Å². The first-order valence-electron chi connectivity index (χ1n) is 6.65. The van der Waals surface area contributed by atoms with Gasteiger partial charge in [-0.15, -0.1) is 11.3 Å². The monoisotopic (exact) mass is 284 g/mol.